The van der Waals surface area contributed by atoms with E-state index in [2.05, 4.69) is 4.90 Å². The van der Waals surface area contributed by atoms with E-state index in [0.717, 1.165) is 29.8 Å². The molecule has 3 heterocycles. The van der Waals surface area contributed by atoms with Gasteiger partial charge in [-0.15, -0.1) is 0 Å². The number of nitrogens with zero attached hydrogens (tertiary/aromatic N) is 3. The van der Waals surface area contributed by atoms with Gasteiger partial charge in [0.15, 0.2) is 5.72 Å². The first-order valence-corrected chi connectivity index (χ1v) is 12.8. The highest BCUT2D eigenvalue weighted by Gasteiger charge is 2.72. The molecule has 1 aliphatic carbocycles. The molecule has 1 amide bonds. The molecule has 1 aromatic rings. The number of likely N-dealkylation sites (tertiary alicyclic amines) is 1. The molecule has 200 valence electrons. The monoisotopic (exact) mass is 520 g/mol. The van der Waals surface area contributed by atoms with E-state index in [1.54, 1.807) is 0 Å². The average molecular weight is 521 g/mol. The van der Waals surface area contributed by atoms with Crippen LogP contribution >= 0.6 is 0 Å². The van der Waals surface area contributed by atoms with Crippen molar-refractivity contribution in [2.45, 2.75) is 81.2 Å². The number of hydrogen-bond donors (Lipinski definition) is 1. The van der Waals surface area contributed by atoms with Gasteiger partial charge in [0.25, 0.3) is 0 Å². The molecule has 0 spiro atoms. The summed E-state index contributed by atoms with van der Waals surface area (Å²) in [4.78, 5) is 28.5. The van der Waals surface area contributed by atoms with Crippen molar-refractivity contribution >= 4 is 11.9 Å². The summed E-state index contributed by atoms with van der Waals surface area (Å²) in [5, 5.41) is 9.56. The van der Waals surface area contributed by atoms with Gasteiger partial charge in [-0.2, -0.15) is 18.4 Å². The van der Waals surface area contributed by atoms with E-state index in [9.17, 15) is 28.0 Å². The number of piperidine rings is 2. The lowest BCUT2D eigenvalue weighted by Crippen LogP contribution is -2.58. The Morgan fingerprint density at radius 2 is 1.84 bits per heavy atom. The first-order chi connectivity index (χ1) is 17.6. The molecule has 4 aliphatic rings. The number of hydrogen-bond acceptors (Lipinski definition) is 7. The predicted octanol–water partition coefficient (Wildman–Crippen LogP) is 2.72. The van der Waals surface area contributed by atoms with Gasteiger partial charge in [-0.25, -0.2) is 4.79 Å². The van der Waals surface area contributed by atoms with Crippen molar-refractivity contribution in [1.82, 2.24) is 9.80 Å². The van der Waals surface area contributed by atoms with Crippen molar-refractivity contribution in [3.8, 4) is 6.07 Å². The molecule has 8 nitrogen and oxygen atoms in total. The third kappa shape index (κ3) is 4.94. The zero-order chi connectivity index (χ0) is 26.4. The van der Waals surface area contributed by atoms with Crippen LogP contribution in [0, 0.1) is 23.2 Å². The lowest BCUT2D eigenvalue weighted by Gasteiger charge is -2.42. The van der Waals surface area contributed by atoms with Gasteiger partial charge >= 0.3 is 12.1 Å². The van der Waals surface area contributed by atoms with E-state index in [-0.39, 0.29) is 30.8 Å². The van der Waals surface area contributed by atoms with E-state index < -0.39 is 41.8 Å². The van der Waals surface area contributed by atoms with Crippen LogP contribution in [0.15, 0.2) is 30.3 Å². The number of rotatable bonds is 8. The van der Waals surface area contributed by atoms with E-state index in [1.807, 2.05) is 36.4 Å². The molecule has 37 heavy (non-hydrogen) atoms. The van der Waals surface area contributed by atoms with Crippen LogP contribution in [0.3, 0.4) is 0 Å². The Bertz CT molecular complexity index is 1050. The SMILES string of the molecule is N#C[C@@H]1C[C@@H]2C[C@@]2(OC(=O)C(F)(F)F)N1C(=O)[C@@H](N)C1CC2CCC(C1)N2CCOCc1ccccc1. The molecule has 0 radical (unpaired) electrons. The van der Waals surface area contributed by atoms with E-state index in [0.29, 0.717) is 26.1 Å². The molecule has 4 fully saturated rings. The molecule has 6 atom stereocenters. The summed E-state index contributed by atoms with van der Waals surface area (Å²) in [5.74, 6) is -3.60. The first kappa shape index (κ1) is 25.9. The van der Waals surface area contributed by atoms with Crippen molar-refractivity contribution in [2.75, 3.05) is 13.2 Å². The number of ether oxygens (including phenoxy) is 2. The molecule has 2 N–H and O–H groups in total. The van der Waals surface area contributed by atoms with Crippen LogP contribution < -0.4 is 5.73 Å². The summed E-state index contributed by atoms with van der Waals surface area (Å²) in [5.41, 5.74) is 5.83. The molecular formula is C26H31F3N4O4. The number of alkyl halides is 3. The maximum absolute atomic E-state index is 13.5. The van der Waals surface area contributed by atoms with Crippen molar-refractivity contribution in [1.29, 1.82) is 5.26 Å². The number of halogens is 3. The number of amides is 1. The number of carbonyl (C=O) groups is 2. The van der Waals surface area contributed by atoms with Crippen LogP contribution in [0.5, 0.6) is 0 Å². The Kier molecular flexibility index (Phi) is 6.94. The second kappa shape index (κ2) is 9.89. The highest BCUT2D eigenvalue weighted by atomic mass is 19.4. The number of esters is 1. The minimum absolute atomic E-state index is 0.0954. The van der Waals surface area contributed by atoms with Gasteiger partial charge in [0.05, 0.1) is 25.3 Å². The van der Waals surface area contributed by atoms with Gasteiger partial charge in [0, 0.05) is 31.0 Å². The summed E-state index contributed by atoms with van der Waals surface area (Å²) < 4.78 is 49.3. The summed E-state index contributed by atoms with van der Waals surface area (Å²) in [7, 11) is 0. The van der Waals surface area contributed by atoms with Crippen LogP contribution in [0.25, 0.3) is 0 Å². The molecule has 1 saturated carbocycles. The maximum atomic E-state index is 13.5. The lowest BCUT2D eigenvalue weighted by atomic mass is 9.84. The van der Waals surface area contributed by atoms with Gasteiger partial charge in [-0.05, 0) is 43.6 Å². The quantitative estimate of drug-likeness (QED) is 0.415. The number of benzene rings is 1. The molecule has 3 saturated heterocycles. The standard InChI is InChI=1S/C26H31F3N4O4/c27-26(28,29)24(35)37-25-13-18(25)12-21(14-30)33(25)23(34)22(31)17-10-19-6-7-20(11-17)32(19)8-9-36-15-16-4-2-1-3-5-16/h1-5,17-22H,6-13,15,31H2/t17?,18-,19?,20?,21+,22+,25+/m1/s1. The van der Waals surface area contributed by atoms with Gasteiger partial charge in [0.2, 0.25) is 5.91 Å². The van der Waals surface area contributed by atoms with Gasteiger partial charge in [-0.3, -0.25) is 14.6 Å². The Morgan fingerprint density at radius 1 is 1.16 bits per heavy atom. The van der Waals surface area contributed by atoms with Crippen molar-refractivity contribution in [3.63, 3.8) is 0 Å². The van der Waals surface area contributed by atoms with Gasteiger partial charge in [-0.1, -0.05) is 30.3 Å². The number of fused-ring (bicyclic) bond motifs is 3. The Hall–Kier alpha value is -2.68. The van der Waals surface area contributed by atoms with Gasteiger partial charge in [0.1, 0.15) is 6.04 Å². The van der Waals surface area contributed by atoms with E-state index >= 15 is 0 Å². The second-order valence-corrected chi connectivity index (χ2v) is 10.6. The zero-order valence-electron chi connectivity index (χ0n) is 20.4. The smallest absolute Gasteiger partial charge is 0.432 e. The highest BCUT2D eigenvalue weighted by Crippen LogP contribution is 2.59. The summed E-state index contributed by atoms with van der Waals surface area (Å²) in [6.45, 7) is 1.91. The second-order valence-electron chi connectivity index (χ2n) is 10.6. The Balaban J connectivity index is 1.19. The normalized spacial score (nSPS) is 33.5. The minimum atomic E-state index is -5.18. The molecular weight excluding hydrogens is 489 g/mol. The average Bonchev–Trinajstić information content (AvgIpc) is 3.39. The van der Waals surface area contributed by atoms with Crippen LogP contribution in [-0.2, 0) is 25.7 Å². The fraction of sp³-hybridized carbons (Fsp3) is 0.654. The van der Waals surface area contributed by atoms with Crippen LogP contribution in [0.1, 0.15) is 44.1 Å². The zero-order valence-corrected chi connectivity index (χ0v) is 20.4. The first-order valence-electron chi connectivity index (χ1n) is 12.8. The molecule has 2 bridgehead atoms. The number of carbonyl (C=O) groups excluding carboxylic acids is 2. The third-order valence-electron chi connectivity index (χ3n) is 8.45. The highest BCUT2D eigenvalue weighted by molar-refractivity contribution is 5.85. The lowest BCUT2D eigenvalue weighted by molar-refractivity contribution is -0.217. The maximum Gasteiger partial charge on any atom is 0.491 e. The van der Waals surface area contributed by atoms with Crippen molar-refractivity contribution in [3.05, 3.63) is 35.9 Å². The Labute approximate surface area is 213 Å². The Morgan fingerprint density at radius 3 is 2.46 bits per heavy atom. The minimum Gasteiger partial charge on any atom is -0.432 e. The topological polar surface area (TPSA) is 109 Å². The van der Waals surface area contributed by atoms with Gasteiger partial charge < -0.3 is 15.2 Å². The summed E-state index contributed by atoms with van der Waals surface area (Å²) >= 11 is 0. The van der Waals surface area contributed by atoms with Crippen LogP contribution in [-0.4, -0.2) is 70.9 Å². The summed E-state index contributed by atoms with van der Waals surface area (Å²) in [6, 6.07) is 10.5. The summed E-state index contributed by atoms with van der Waals surface area (Å²) in [6.07, 6.45) is -1.57. The fourth-order valence-electron chi connectivity index (χ4n) is 6.61. The predicted molar refractivity (Wildman–Crippen MR) is 124 cm³/mol. The molecule has 0 aromatic heterocycles. The number of nitriles is 1. The molecule has 2 unspecified atom stereocenters. The van der Waals surface area contributed by atoms with Crippen LogP contribution in [0.4, 0.5) is 13.2 Å². The molecule has 3 aliphatic heterocycles. The largest absolute Gasteiger partial charge is 0.491 e. The fourth-order valence-corrected chi connectivity index (χ4v) is 6.61. The van der Waals surface area contributed by atoms with E-state index in [1.165, 1.54) is 0 Å². The third-order valence-corrected chi connectivity index (χ3v) is 8.45. The van der Waals surface area contributed by atoms with Crippen molar-refractivity contribution in [2.24, 2.45) is 17.6 Å². The van der Waals surface area contributed by atoms with E-state index in [4.69, 9.17) is 15.2 Å². The number of nitrogens with two attached hydrogens (primary N) is 1. The molecule has 1 aromatic carbocycles. The molecule has 5 rings (SSSR count). The van der Waals surface area contributed by atoms with Crippen molar-refractivity contribution < 1.29 is 32.2 Å². The molecule has 11 heteroatoms. The van der Waals surface area contributed by atoms with Crippen LogP contribution in [0.2, 0.25) is 0 Å².